The van der Waals surface area contributed by atoms with Gasteiger partial charge in [0.2, 0.25) is 0 Å². The second kappa shape index (κ2) is 5.55. The number of hydrogen-bond acceptors (Lipinski definition) is 3. The van der Waals surface area contributed by atoms with Crippen molar-refractivity contribution in [1.29, 1.82) is 0 Å². The number of nitrogens with zero attached hydrogens (tertiary/aromatic N) is 1. The molecule has 0 amide bonds. The summed E-state index contributed by atoms with van der Waals surface area (Å²) in [5.41, 5.74) is 9.30. The van der Waals surface area contributed by atoms with Crippen molar-refractivity contribution in [3.05, 3.63) is 53.2 Å². The van der Waals surface area contributed by atoms with Crippen LogP contribution in [-0.4, -0.2) is 4.98 Å². The SMILES string of the molecule is Cc1cc(C)nc(Sc2ccc([C@@H](C)N)cc2)c1. The van der Waals surface area contributed by atoms with Gasteiger partial charge in [0, 0.05) is 16.6 Å². The van der Waals surface area contributed by atoms with E-state index in [2.05, 4.69) is 48.3 Å². The predicted octanol–water partition coefficient (Wildman–Crippen LogP) is 3.87. The molecule has 0 bridgehead atoms. The van der Waals surface area contributed by atoms with Crippen LogP contribution in [0.3, 0.4) is 0 Å². The molecule has 2 nitrogen and oxygen atoms in total. The van der Waals surface area contributed by atoms with Gasteiger partial charge in [0.25, 0.3) is 0 Å². The van der Waals surface area contributed by atoms with Crippen LogP contribution >= 0.6 is 11.8 Å². The van der Waals surface area contributed by atoms with Crippen LogP contribution in [0.2, 0.25) is 0 Å². The maximum absolute atomic E-state index is 5.84. The highest BCUT2D eigenvalue weighted by atomic mass is 32.2. The summed E-state index contributed by atoms with van der Waals surface area (Å²) in [5.74, 6) is 0. The molecule has 0 fully saturated rings. The first-order valence-corrected chi connectivity index (χ1v) is 6.85. The minimum atomic E-state index is 0.0865. The van der Waals surface area contributed by atoms with E-state index in [4.69, 9.17) is 5.73 Å². The molecule has 0 aliphatic rings. The first kappa shape index (κ1) is 13.1. The Morgan fingerprint density at radius 2 is 1.78 bits per heavy atom. The van der Waals surface area contributed by atoms with Gasteiger partial charge in [0.15, 0.2) is 0 Å². The van der Waals surface area contributed by atoms with Crippen LogP contribution < -0.4 is 5.73 Å². The average molecular weight is 258 g/mol. The molecular weight excluding hydrogens is 240 g/mol. The maximum Gasteiger partial charge on any atom is 0.101 e. The molecule has 2 rings (SSSR count). The molecule has 94 valence electrons. The van der Waals surface area contributed by atoms with Crippen molar-refractivity contribution in [2.75, 3.05) is 0 Å². The summed E-state index contributed by atoms with van der Waals surface area (Å²) < 4.78 is 0. The van der Waals surface area contributed by atoms with Gasteiger partial charge in [-0.2, -0.15) is 0 Å². The fourth-order valence-electron chi connectivity index (χ4n) is 1.82. The van der Waals surface area contributed by atoms with Gasteiger partial charge in [-0.25, -0.2) is 4.98 Å². The van der Waals surface area contributed by atoms with E-state index < -0.39 is 0 Å². The lowest BCUT2D eigenvalue weighted by Gasteiger charge is -2.07. The van der Waals surface area contributed by atoms with Gasteiger partial charge in [-0.3, -0.25) is 0 Å². The summed E-state index contributed by atoms with van der Waals surface area (Å²) in [5, 5.41) is 1.04. The van der Waals surface area contributed by atoms with Crippen LogP contribution in [-0.2, 0) is 0 Å². The Balaban J connectivity index is 2.18. The molecule has 0 unspecified atom stereocenters. The fourth-order valence-corrected chi connectivity index (χ4v) is 2.76. The van der Waals surface area contributed by atoms with Crippen LogP contribution in [0.1, 0.15) is 29.8 Å². The zero-order valence-electron chi connectivity index (χ0n) is 11.0. The molecule has 1 atom stereocenters. The Morgan fingerprint density at radius 1 is 1.11 bits per heavy atom. The van der Waals surface area contributed by atoms with Gasteiger partial charge < -0.3 is 5.73 Å². The van der Waals surface area contributed by atoms with Crippen molar-refractivity contribution >= 4 is 11.8 Å². The molecule has 0 radical (unpaired) electrons. The van der Waals surface area contributed by atoms with Crippen molar-refractivity contribution in [3.8, 4) is 0 Å². The summed E-state index contributed by atoms with van der Waals surface area (Å²) in [6.45, 7) is 6.11. The Morgan fingerprint density at radius 3 is 2.33 bits per heavy atom. The van der Waals surface area contributed by atoms with Gasteiger partial charge in [0.1, 0.15) is 5.03 Å². The molecule has 0 spiro atoms. The zero-order valence-corrected chi connectivity index (χ0v) is 11.8. The van der Waals surface area contributed by atoms with E-state index in [1.54, 1.807) is 11.8 Å². The molecule has 0 aliphatic heterocycles. The third-order valence-corrected chi connectivity index (χ3v) is 3.63. The van der Waals surface area contributed by atoms with Crippen LogP contribution in [0.4, 0.5) is 0 Å². The maximum atomic E-state index is 5.84. The first-order chi connectivity index (χ1) is 8.54. The van der Waals surface area contributed by atoms with Gasteiger partial charge in [-0.15, -0.1) is 0 Å². The molecule has 0 saturated carbocycles. The second-order valence-corrected chi connectivity index (χ2v) is 5.68. The molecule has 2 N–H and O–H groups in total. The molecule has 0 saturated heterocycles. The number of nitrogens with two attached hydrogens (primary N) is 1. The smallest absolute Gasteiger partial charge is 0.101 e. The van der Waals surface area contributed by atoms with Crippen molar-refractivity contribution in [2.24, 2.45) is 5.73 Å². The lowest BCUT2D eigenvalue weighted by molar-refractivity contribution is 0.817. The molecule has 3 heteroatoms. The van der Waals surface area contributed by atoms with E-state index in [0.717, 1.165) is 16.3 Å². The Hall–Kier alpha value is -1.32. The van der Waals surface area contributed by atoms with E-state index in [0.29, 0.717) is 0 Å². The van der Waals surface area contributed by atoms with E-state index in [1.807, 2.05) is 13.8 Å². The standard InChI is InChI=1S/C15H18N2S/c1-10-8-11(2)17-15(9-10)18-14-6-4-13(5-7-14)12(3)16/h4-9,12H,16H2,1-3H3/t12-/m1/s1. The summed E-state index contributed by atoms with van der Waals surface area (Å²) >= 11 is 1.68. The molecule has 1 heterocycles. The number of pyridine rings is 1. The fraction of sp³-hybridized carbons (Fsp3) is 0.267. The summed E-state index contributed by atoms with van der Waals surface area (Å²) in [4.78, 5) is 5.72. The number of aryl methyl sites for hydroxylation is 2. The average Bonchev–Trinajstić information content (AvgIpc) is 2.28. The van der Waals surface area contributed by atoms with Crippen LogP contribution in [0.15, 0.2) is 46.3 Å². The number of aromatic nitrogens is 1. The normalized spacial score (nSPS) is 12.4. The third-order valence-electron chi connectivity index (χ3n) is 2.70. The van der Waals surface area contributed by atoms with Gasteiger partial charge >= 0.3 is 0 Å². The molecule has 1 aromatic heterocycles. The lowest BCUT2D eigenvalue weighted by Crippen LogP contribution is -2.04. The highest BCUT2D eigenvalue weighted by molar-refractivity contribution is 7.99. The first-order valence-electron chi connectivity index (χ1n) is 6.03. The predicted molar refractivity (Wildman–Crippen MR) is 76.9 cm³/mol. The number of benzene rings is 1. The molecule has 18 heavy (non-hydrogen) atoms. The molecular formula is C15H18N2S. The number of rotatable bonds is 3. The highest BCUT2D eigenvalue weighted by Gasteiger charge is 2.03. The zero-order chi connectivity index (χ0) is 13.1. The number of hydrogen-bond donors (Lipinski definition) is 1. The van der Waals surface area contributed by atoms with E-state index >= 15 is 0 Å². The minimum Gasteiger partial charge on any atom is -0.324 e. The van der Waals surface area contributed by atoms with E-state index in [-0.39, 0.29) is 6.04 Å². The van der Waals surface area contributed by atoms with Gasteiger partial charge in [-0.05, 0) is 56.2 Å². The largest absolute Gasteiger partial charge is 0.324 e. The minimum absolute atomic E-state index is 0.0865. The summed E-state index contributed by atoms with van der Waals surface area (Å²) in [6, 6.07) is 12.6. The van der Waals surface area contributed by atoms with Gasteiger partial charge in [-0.1, -0.05) is 23.9 Å². The lowest BCUT2D eigenvalue weighted by atomic mass is 10.1. The Kier molecular flexibility index (Phi) is 4.04. The molecule has 2 aromatic rings. The van der Waals surface area contributed by atoms with Gasteiger partial charge in [0.05, 0.1) is 0 Å². The van der Waals surface area contributed by atoms with Crippen LogP contribution in [0.5, 0.6) is 0 Å². The van der Waals surface area contributed by atoms with Crippen LogP contribution in [0, 0.1) is 13.8 Å². The topological polar surface area (TPSA) is 38.9 Å². The third kappa shape index (κ3) is 3.34. The molecule has 0 aliphatic carbocycles. The van der Waals surface area contributed by atoms with Crippen molar-refractivity contribution in [1.82, 2.24) is 4.98 Å². The highest BCUT2D eigenvalue weighted by Crippen LogP contribution is 2.27. The summed E-state index contributed by atoms with van der Waals surface area (Å²) in [6.07, 6.45) is 0. The Labute approximate surface area is 113 Å². The van der Waals surface area contributed by atoms with Crippen molar-refractivity contribution in [3.63, 3.8) is 0 Å². The quantitative estimate of drug-likeness (QED) is 0.908. The van der Waals surface area contributed by atoms with Crippen LogP contribution in [0.25, 0.3) is 0 Å². The van der Waals surface area contributed by atoms with E-state index in [9.17, 15) is 0 Å². The Bertz CT molecular complexity index is 512. The summed E-state index contributed by atoms with van der Waals surface area (Å²) in [7, 11) is 0. The monoisotopic (exact) mass is 258 g/mol. The second-order valence-electron chi connectivity index (χ2n) is 4.58. The van der Waals surface area contributed by atoms with Crippen molar-refractivity contribution in [2.45, 2.75) is 36.7 Å². The van der Waals surface area contributed by atoms with E-state index in [1.165, 1.54) is 10.5 Å². The molecule has 1 aromatic carbocycles. The van der Waals surface area contributed by atoms with Crippen molar-refractivity contribution < 1.29 is 0 Å².